The van der Waals surface area contributed by atoms with Crippen LogP contribution in [-0.2, 0) is 17.7 Å². The molecule has 6 heteroatoms. The molecule has 0 fully saturated rings. The second-order valence-corrected chi connectivity index (χ2v) is 3.27. The molecule has 0 saturated carbocycles. The van der Waals surface area contributed by atoms with Gasteiger partial charge >= 0.3 is 11.7 Å². The highest BCUT2D eigenvalue weighted by atomic mass is 16.5. The number of ether oxygens (including phenoxy) is 1. The normalized spacial score (nSPS) is 14.5. The van der Waals surface area contributed by atoms with Gasteiger partial charge in [0, 0.05) is 17.8 Å². The lowest BCUT2D eigenvalue weighted by Gasteiger charge is -2.17. The average Bonchev–Trinajstić information content (AvgIpc) is 2.26. The number of fused-ring (bicyclic) bond motifs is 1. The number of methoxy groups -OCH3 is 1. The largest absolute Gasteiger partial charge is 0.464 e. The number of hydrogen-bond acceptors (Lipinski definition) is 5. The Morgan fingerprint density at radius 1 is 1.53 bits per heavy atom. The molecule has 0 aliphatic carbocycles. The summed E-state index contributed by atoms with van der Waals surface area (Å²) in [6.45, 7) is 1.32. The molecule has 2 rings (SSSR count). The summed E-state index contributed by atoms with van der Waals surface area (Å²) in [4.78, 5) is 28.8. The molecule has 2 N–H and O–H groups in total. The summed E-state index contributed by atoms with van der Waals surface area (Å²) >= 11 is 0. The van der Waals surface area contributed by atoms with E-state index >= 15 is 0 Å². The van der Waals surface area contributed by atoms with Gasteiger partial charge in [0.25, 0.3) is 0 Å². The van der Waals surface area contributed by atoms with E-state index in [1.54, 1.807) is 0 Å². The number of H-pyrrole nitrogens is 1. The van der Waals surface area contributed by atoms with E-state index in [2.05, 4.69) is 20.0 Å². The van der Waals surface area contributed by atoms with Gasteiger partial charge in [0.2, 0.25) is 0 Å². The molecule has 1 aliphatic rings. The van der Waals surface area contributed by atoms with Gasteiger partial charge in [0.1, 0.15) is 0 Å². The van der Waals surface area contributed by atoms with Crippen molar-refractivity contribution in [1.29, 1.82) is 0 Å². The molecule has 0 bridgehead atoms. The van der Waals surface area contributed by atoms with Crippen LogP contribution in [0, 0.1) is 0 Å². The van der Waals surface area contributed by atoms with E-state index in [0.29, 0.717) is 13.0 Å². The van der Waals surface area contributed by atoms with Crippen molar-refractivity contribution in [2.45, 2.75) is 13.0 Å². The second kappa shape index (κ2) is 3.82. The monoisotopic (exact) mass is 209 g/mol. The maximum atomic E-state index is 11.4. The quantitative estimate of drug-likeness (QED) is 0.592. The van der Waals surface area contributed by atoms with E-state index in [4.69, 9.17) is 0 Å². The van der Waals surface area contributed by atoms with Crippen LogP contribution in [0.4, 0.5) is 0 Å². The SMILES string of the molecule is COC(=O)c1nc(=O)[nH]c2c1CCNC2. The van der Waals surface area contributed by atoms with Crippen LogP contribution in [0.3, 0.4) is 0 Å². The van der Waals surface area contributed by atoms with Crippen LogP contribution in [0.2, 0.25) is 0 Å². The van der Waals surface area contributed by atoms with Gasteiger partial charge < -0.3 is 15.0 Å². The Balaban J connectivity index is 2.57. The number of esters is 1. The van der Waals surface area contributed by atoms with Crippen LogP contribution >= 0.6 is 0 Å². The topological polar surface area (TPSA) is 84.1 Å². The van der Waals surface area contributed by atoms with Crippen LogP contribution in [-0.4, -0.2) is 29.6 Å². The molecule has 0 amide bonds. The Kier molecular flexibility index (Phi) is 2.51. The molecular weight excluding hydrogens is 198 g/mol. The molecule has 0 atom stereocenters. The molecular formula is C9H11N3O3. The zero-order valence-electron chi connectivity index (χ0n) is 8.29. The number of carbonyl (C=O) groups is 1. The van der Waals surface area contributed by atoms with Crippen molar-refractivity contribution in [3.63, 3.8) is 0 Å². The molecule has 0 spiro atoms. The third kappa shape index (κ3) is 1.75. The van der Waals surface area contributed by atoms with Crippen LogP contribution in [0.15, 0.2) is 4.79 Å². The molecule has 1 aliphatic heterocycles. The molecule has 15 heavy (non-hydrogen) atoms. The van der Waals surface area contributed by atoms with E-state index in [0.717, 1.165) is 17.8 Å². The van der Waals surface area contributed by atoms with Crippen molar-refractivity contribution in [3.05, 3.63) is 27.4 Å². The fourth-order valence-corrected chi connectivity index (χ4v) is 1.66. The third-order valence-electron chi connectivity index (χ3n) is 2.35. The fraction of sp³-hybridized carbons (Fsp3) is 0.444. The maximum Gasteiger partial charge on any atom is 0.357 e. The summed E-state index contributed by atoms with van der Waals surface area (Å²) < 4.78 is 4.58. The van der Waals surface area contributed by atoms with Crippen molar-refractivity contribution >= 4 is 5.97 Å². The summed E-state index contributed by atoms with van der Waals surface area (Å²) in [5, 5.41) is 3.10. The van der Waals surface area contributed by atoms with Gasteiger partial charge in [0.15, 0.2) is 5.69 Å². The summed E-state index contributed by atoms with van der Waals surface area (Å²) in [5.74, 6) is -0.556. The van der Waals surface area contributed by atoms with Gasteiger partial charge in [-0.3, -0.25) is 0 Å². The zero-order valence-corrected chi connectivity index (χ0v) is 8.29. The first kappa shape index (κ1) is 9.85. The maximum absolute atomic E-state index is 11.4. The van der Waals surface area contributed by atoms with E-state index in [1.807, 2.05) is 0 Å². The zero-order chi connectivity index (χ0) is 10.8. The Hall–Kier alpha value is -1.69. The summed E-state index contributed by atoms with van der Waals surface area (Å²) in [6.07, 6.45) is 0.670. The predicted octanol–water partition coefficient (Wildman–Crippen LogP) is -0.798. The Bertz CT molecular complexity index is 452. The third-order valence-corrected chi connectivity index (χ3v) is 2.35. The standard InChI is InChI=1S/C9H11N3O3/c1-15-8(13)7-5-2-3-10-4-6(5)11-9(14)12-7/h10H,2-4H2,1H3,(H,11,12,14). The summed E-state index contributed by atoms with van der Waals surface area (Å²) in [7, 11) is 1.28. The molecule has 6 nitrogen and oxygen atoms in total. The van der Waals surface area contributed by atoms with Gasteiger partial charge in [-0.2, -0.15) is 4.98 Å². The van der Waals surface area contributed by atoms with Crippen molar-refractivity contribution in [3.8, 4) is 0 Å². The van der Waals surface area contributed by atoms with E-state index in [1.165, 1.54) is 7.11 Å². The van der Waals surface area contributed by atoms with Gasteiger partial charge in [-0.25, -0.2) is 9.59 Å². The minimum Gasteiger partial charge on any atom is -0.464 e. The number of nitrogens with zero attached hydrogens (tertiary/aromatic N) is 1. The molecule has 0 aromatic carbocycles. The molecule has 0 radical (unpaired) electrons. The van der Waals surface area contributed by atoms with E-state index in [-0.39, 0.29) is 5.69 Å². The second-order valence-electron chi connectivity index (χ2n) is 3.27. The van der Waals surface area contributed by atoms with Crippen LogP contribution < -0.4 is 11.0 Å². The lowest BCUT2D eigenvalue weighted by atomic mass is 10.0. The van der Waals surface area contributed by atoms with Crippen molar-refractivity contribution in [2.24, 2.45) is 0 Å². The van der Waals surface area contributed by atoms with Gasteiger partial charge in [0.05, 0.1) is 7.11 Å². The minimum atomic E-state index is -0.556. The smallest absolute Gasteiger partial charge is 0.357 e. The highest BCUT2D eigenvalue weighted by Gasteiger charge is 2.20. The molecule has 1 aromatic heterocycles. The first-order valence-electron chi connectivity index (χ1n) is 4.63. The Morgan fingerprint density at radius 2 is 2.33 bits per heavy atom. The fourth-order valence-electron chi connectivity index (χ4n) is 1.66. The van der Waals surface area contributed by atoms with Gasteiger partial charge in [-0.1, -0.05) is 0 Å². The lowest BCUT2D eigenvalue weighted by Crippen LogP contribution is -2.31. The number of aromatic amines is 1. The lowest BCUT2D eigenvalue weighted by molar-refractivity contribution is 0.0591. The first-order chi connectivity index (χ1) is 7.22. The van der Waals surface area contributed by atoms with Crippen LogP contribution in [0.25, 0.3) is 0 Å². The molecule has 0 unspecified atom stereocenters. The molecule has 80 valence electrons. The highest BCUT2D eigenvalue weighted by molar-refractivity contribution is 5.89. The number of hydrogen-bond donors (Lipinski definition) is 2. The summed E-state index contributed by atoms with van der Waals surface area (Å²) in [5.41, 5.74) is 1.12. The van der Waals surface area contributed by atoms with E-state index < -0.39 is 11.7 Å². The van der Waals surface area contributed by atoms with E-state index in [9.17, 15) is 9.59 Å². The van der Waals surface area contributed by atoms with Crippen LogP contribution in [0.1, 0.15) is 21.7 Å². The number of rotatable bonds is 1. The van der Waals surface area contributed by atoms with Crippen molar-refractivity contribution in [1.82, 2.24) is 15.3 Å². The van der Waals surface area contributed by atoms with Crippen molar-refractivity contribution < 1.29 is 9.53 Å². The van der Waals surface area contributed by atoms with Crippen LogP contribution in [0.5, 0.6) is 0 Å². The number of carbonyl (C=O) groups excluding carboxylic acids is 1. The first-order valence-corrected chi connectivity index (χ1v) is 4.63. The Labute approximate surface area is 85.7 Å². The number of aromatic nitrogens is 2. The van der Waals surface area contributed by atoms with Gasteiger partial charge in [-0.05, 0) is 13.0 Å². The molecule has 0 saturated heterocycles. The Morgan fingerprint density at radius 3 is 3.07 bits per heavy atom. The minimum absolute atomic E-state index is 0.137. The highest BCUT2D eigenvalue weighted by Crippen LogP contribution is 2.13. The predicted molar refractivity (Wildman–Crippen MR) is 51.6 cm³/mol. The number of nitrogens with one attached hydrogen (secondary N) is 2. The molecule has 1 aromatic rings. The van der Waals surface area contributed by atoms with Gasteiger partial charge in [-0.15, -0.1) is 0 Å². The van der Waals surface area contributed by atoms with Crippen molar-refractivity contribution in [2.75, 3.05) is 13.7 Å². The molecule has 2 heterocycles. The summed E-state index contributed by atoms with van der Waals surface area (Å²) in [6, 6.07) is 0. The average molecular weight is 209 g/mol.